The van der Waals surface area contributed by atoms with E-state index >= 15 is 0 Å². The van der Waals surface area contributed by atoms with Crippen molar-refractivity contribution in [1.82, 2.24) is 10.3 Å². The summed E-state index contributed by atoms with van der Waals surface area (Å²) in [5.74, 6) is 0.290. The molecule has 0 spiro atoms. The van der Waals surface area contributed by atoms with E-state index in [4.69, 9.17) is 11.6 Å². The zero-order valence-electron chi connectivity index (χ0n) is 17.2. The molecule has 31 heavy (non-hydrogen) atoms. The summed E-state index contributed by atoms with van der Waals surface area (Å²) in [6.07, 6.45) is 1.09. The molecule has 4 rings (SSSR count). The van der Waals surface area contributed by atoms with Crippen molar-refractivity contribution < 1.29 is 8.42 Å². The van der Waals surface area contributed by atoms with Crippen LogP contribution >= 0.6 is 22.9 Å². The number of hydrogen-bond acceptors (Lipinski definition) is 7. The molecule has 1 saturated heterocycles. The molecule has 2 heterocycles. The summed E-state index contributed by atoms with van der Waals surface area (Å²) in [5.41, 5.74) is 5.42. The third kappa shape index (κ3) is 4.95. The molecular weight excluding hydrogens is 454 g/mol. The second-order valence-corrected chi connectivity index (χ2v) is 10.3. The zero-order valence-corrected chi connectivity index (χ0v) is 19.6. The molecular formula is C21H24ClN5O2S2. The summed E-state index contributed by atoms with van der Waals surface area (Å²) in [6.45, 7) is 3.97. The van der Waals surface area contributed by atoms with Gasteiger partial charge in [0.2, 0.25) is 0 Å². The van der Waals surface area contributed by atoms with Gasteiger partial charge in [0.05, 0.1) is 32.5 Å². The molecule has 0 bridgehead atoms. The molecule has 1 aliphatic rings. The lowest BCUT2D eigenvalue weighted by atomic mass is 10.1. The van der Waals surface area contributed by atoms with Crippen molar-refractivity contribution in [2.24, 2.45) is 0 Å². The summed E-state index contributed by atoms with van der Waals surface area (Å²) < 4.78 is 27.7. The van der Waals surface area contributed by atoms with Crippen molar-refractivity contribution in [3.63, 3.8) is 0 Å². The monoisotopic (exact) mass is 477 g/mol. The van der Waals surface area contributed by atoms with Gasteiger partial charge in [0.25, 0.3) is 10.0 Å². The Hall–Kier alpha value is -2.33. The summed E-state index contributed by atoms with van der Waals surface area (Å²) in [4.78, 5) is 6.39. The minimum absolute atomic E-state index is 0.0802. The van der Waals surface area contributed by atoms with E-state index in [0.717, 1.165) is 30.9 Å². The molecule has 0 unspecified atom stereocenters. The highest BCUT2D eigenvalue weighted by atomic mass is 35.5. The molecule has 1 aromatic heterocycles. The Labute approximate surface area is 191 Å². The minimum Gasteiger partial charge on any atom is -0.368 e. The van der Waals surface area contributed by atoms with Crippen molar-refractivity contribution >= 4 is 55.8 Å². The summed E-state index contributed by atoms with van der Waals surface area (Å²) in [7, 11) is -1.78. The van der Waals surface area contributed by atoms with E-state index in [9.17, 15) is 8.42 Å². The SMILES string of the molecule is CN[C@H]1CCN(c2cc(C)ccc2Nc2ccc(S(=O)(=O)Nc3cscn3)cc2Cl)C1. The Morgan fingerprint density at radius 1 is 1.19 bits per heavy atom. The van der Waals surface area contributed by atoms with E-state index < -0.39 is 10.0 Å². The third-order valence-electron chi connectivity index (χ3n) is 5.28. The van der Waals surface area contributed by atoms with Crippen molar-refractivity contribution in [2.75, 3.05) is 35.1 Å². The van der Waals surface area contributed by atoms with E-state index in [0.29, 0.717) is 16.8 Å². The van der Waals surface area contributed by atoms with Crippen molar-refractivity contribution in [3.05, 3.63) is 57.9 Å². The van der Waals surface area contributed by atoms with E-state index in [2.05, 4.69) is 38.2 Å². The van der Waals surface area contributed by atoms with Gasteiger partial charge >= 0.3 is 0 Å². The zero-order chi connectivity index (χ0) is 22.0. The first-order chi connectivity index (χ1) is 14.9. The van der Waals surface area contributed by atoms with E-state index in [1.165, 1.54) is 29.0 Å². The number of anilines is 4. The minimum atomic E-state index is -3.76. The van der Waals surface area contributed by atoms with Crippen molar-refractivity contribution in [1.29, 1.82) is 0 Å². The topological polar surface area (TPSA) is 86.4 Å². The second-order valence-electron chi connectivity index (χ2n) is 7.49. The van der Waals surface area contributed by atoms with Gasteiger partial charge in [0, 0.05) is 24.5 Å². The van der Waals surface area contributed by atoms with Crippen LogP contribution in [-0.4, -0.2) is 39.6 Å². The number of rotatable bonds is 7. The van der Waals surface area contributed by atoms with E-state index in [1.54, 1.807) is 17.0 Å². The summed E-state index contributed by atoms with van der Waals surface area (Å²) in [5, 5.41) is 8.68. The van der Waals surface area contributed by atoms with E-state index in [-0.39, 0.29) is 10.7 Å². The number of nitrogens with zero attached hydrogens (tertiary/aromatic N) is 2. The predicted molar refractivity (Wildman–Crippen MR) is 129 cm³/mol. The van der Waals surface area contributed by atoms with Crippen LogP contribution in [0.2, 0.25) is 5.02 Å². The number of halogens is 1. The number of benzene rings is 2. The number of hydrogen-bond donors (Lipinski definition) is 3. The first kappa shape index (κ1) is 21.9. The van der Waals surface area contributed by atoms with Crippen LogP contribution in [0.1, 0.15) is 12.0 Å². The first-order valence-corrected chi connectivity index (χ1v) is 12.7. The molecule has 164 valence electrons. The molecule has 2 aromatic carbocycles. The van der Waals surface area contributed by atoms with Crippen LogP contribution < -0.4 is 20.3 Å². The van der Waals surface area contributed by atoms with Gasteiger partial charge in [-0.15, -0.1) is 11.3 Å². The van der Waals surface area contributed by atoms with Gasteiger partial charge in [-0.1, -0.05) is 17.7 Å². The molecule has 0 saturated carbocycles. The van der Waals surface area contributed by atoms with Crippen LogP contribution in [-0.2, 0) is 10.0 Å². The van der Waals surface area contributed by atoms with Gasteiger partial charge in [-0.25, -0.2) is 13.4 Å². The van der Waals surface area contributed by atoms with Crippen LogP contribution in [0.15, 0.2) is 52.2 Å². The van der Waals surface area contributed by atoms with Gasteiger partial charge in [-0.05, 0) is 56.3 Å². The fourth-order valence-electron chi connectivity index (χ4n) is 3.59. The molecule has 0 aliphatic carbocycles. The van der Waals surface area contributed by atoms with Crippen LogP contribution in [0.5, 0.6) is 0 Å². The molecule has 1 aliphatic heterocycles. The first-order valence-electron chi connectivity index (χ1n) is 9.86. The molecule has 10 heteroatoms. The van der Waals surface area contributed by atoms with Crippen molar-refractivity contribution in [3.8, 4) is 0 Å². The standard InChI is InChI=1S/C21H24ClN5O2S2/c1-14-3-5-19(20(9-14)27-8-7-15(11-27)23-2)25-18-6-4-16(10-17(18)22)31(28,29)26-21-12-30-13-24-21/h3-6,9-10,12-13,15,23,25-26H,7-8,11H2,1-2H3/t15-/m0/s1. The maximum Gasteiger partial charge on any atom is 0.263 e. The van der Waals surface area contributed by atoms with E-state index in [1.807, 2.05) is 19.2 Å². The van der Waals surface area contributed by atoms with Gasteiger partial charge in [-0.2, -0.15) is 0 Å². The predicted octanol–water partition coefficient (Wildman–Crippen LogP) is 4.45. The molecule has 1 fully saturated rings. The van der Waals surface area contributed by atoms with Crippen LogP contribution in [0.3, 0.4) is 0 Å². The lowest BCUT2D eigenvalue weighted by molar-refractivity contribution is 0.601. The lowest BCUT2D eigenvalue weighted by Gasteiger charge is -2.24. The molecule has 0 amide bonds. The lowest BCUT2D eigenvalue weighted by Crippen LogP contribution is -2.29. The van der Waals surface area contributed by atoms with Crippen molar-refractivity contribution in [2.45, 2.75) is 24.3 Å². The summed E-state index contributed by atoms with van der Waals surface area (Å²) >= 11 is 7.78. The highest BCUT2D eigenvalue weighted by Crippen LogP contribution is 2.35. The van der Waals surface area contributed by atoms with Gasteiger partial charge in [0.15, 0.2) is 5.82 Å². The van der Waals surface area contributed by atoms with Gasteiger partial charge < -0.3 is 15.5 Å². The molecule has 7 nitrogen and oxygen atoms in total. The highest BCUT2D eigenvalue weighted by Gasteiger charge is 2.23. The number of thiazole rings is 1. The maximum atomic E-state index is 12.6. The third-order valence-corrected chi connectivity index (χ3v) is 7.53. The molecule has 0 radical (unpaired) electrons. The summed E-state index contributed by atoms with van der Waals surface area (Å²) in [6, 6.07) is 11.4. The Morgan fingerprint density at radius 2 is 2.00 bits per heavy atom. The average molecular weight is 478 g/mol. The number of nitrogens with one attached hydrogen (secondary N) is 3. The number of aromatic nitrogens is 1. The number of likely N-dealkylation sites (N-methyl/N-ethyl adjacent to an activating group) is 1. The Balaban J connectivity index is 1.58. The average Bonchev–Trinajstić information content (AvgIpc) is 3.42. The Bertz CT molecular complexity index is 1170. The van der Waals surface area contributed by atoms with Gasteiger partial charge in [-0.3, -0.25) is 4.72 Å². The Kier molecular flexibility index (Phi) is 6.38. The normalized spacial score (nSPS) is 16.5. The maximum absolute atomic E-state index is 12.6. The van der Waals surface area contributed by atoms with Crippen LogP contribution in [0.25, 0.3) is 0 Å². The van der Waals surface area contributed by atoms with Crippen LogP contribution in [0, 0.1) is 6.92 Å². The largest absolute Gasteiger partial charge is 0.368 e. The van der Waals surface area contributed by atoms with Gasteiger partial charge in [0.1, 0.15) is 0 Å². The second kappa shape index (κ2) is 9.04. The quantitative estimate of drug-likeness (QED) is 0.466. The Morgan fingerprint density at radius 3 is 2.68 bits per heavy atom. The number of sulfonamides is 1. The molecule has 3 aromatic rings. The van der Waals surface area contributed by atoms with Crippen LogP contribution in [0.4, 0.5) is 22.9 Å². The number of aryl methyl sites for hydroxylation is 1. The molecule has 3 N–H and O–H groups in total. The fourth-order valence-corrected chi connectivity index (χ4v) is 5.47. The smallest absolute Gasteiger partial charge is 0.263 e. The fraction of sp³-hybridized carbons (Fsp3) is 0.286. The highest BCUT2D eigenvalue weighted by molar-refractivity contribution is 7.92. The molecule has 1 atom stereocenters.